The highest BCUT2D eigenvalue weighted by Gasteiger charge is 2.32. The molecular formula is C22H21ClN6O. The molecule has 2 aliphatic carbocycles. The van der Waals surface area contributed by atoms with Gasteiger partial charge < -0.3 is 15.6 Å². The minimum absolute atomic E-state index is 0.0342. The summed E-state index contributed by atoms with van der Waals surface area (Å²) in [6, 6.07) is 0. The minimum Gasteiger partial charge on any atom is -0.357 e. The van der Waals surface area contributed by atoms with Crippen molar-refractivity contribution in [3.8, 4) is 11.3 Å². The van der Waals surface area contributed by atoms with Crippen LogP contribution in [0.5, 0.6) is 0 Å². The zero-order chi connectivity index (χ0) is 20.4. The van der Waals surface area contributed by atoms with Crippen molar-refractivity contribution in [1.82, 2.24) is 25.3 Å². The van der Waals surface area contributed by atoms with E-state index in [1.54, 1.807) is 0 Å². The number of halogens is 1. The number of fused-ring (bicyclic) bond motifs is 5. The van der Waals surface area contributed by atoms with Crippen molar-refractivity contribution >= 4 is 29.1 Å². The summed E-state index contributed by atoms with van der Waals surface area (Å²) in [6.07, 6.45) is 8.61. The third kappa shape index (κ3) is 2.72. The molecule has 152 valence electrons. The van der Waals surface area contributed by atoms with Crippen molar-refractivity contribution < 1.29 is 4.79 Å². The fourth-order valence-electron chi connectivity index (χ4n) is 4.77. The smallest absolute Gasteiger partial charge is 0.253 e. The molecule has 0 atom stereocenters. The third-order valence-corrected chi connectivity index (χ3v) is 6.59. The van der Waals surface area contributed by atoms with Crippen molar-refractivity contribution in [1.29, 1.82) is 0 Å². The molecule has 6 rings (SSSR count). The predicted molar refractivity (Wildman–Crippen MR) is 115 cm³/mol. The Hall–Kier alpha value is -2.93. The van der Waals surface area contributed by atoms with Gasteiger partial charge in [-0.05, 0) is 61.3 Å². The van der Waals surface area contributed by atoms with Crippen LogP contribution in [0.25, 0.3) is 11.3 Å². The summed E-state index contributed by atoms with van der Waals surface area (Å²) in [6.45, 7) is 2.75. The van der Waals surface area contributed by atoms with Gasteiger partial charge in [0.05, 0.1) is 11.3 Å². The maximum Gasteiger partial charge on any atom is 0.253 e. The lowest BCUT2D eigenvalue weighted by Crippen LogP contribution is -2.32. The number of aryl methyl sites for hydroxylation is 1. The van der Waals surface area contributed by atoms with E-state index >= 15 is 0 Å². The second-order valence-electron chi connectivity index (χ2n) is 8.31. The van der Waals surface area contributed by atoms with Crippen molar-refractivity contribution in [2.75, 3.05) is 11.9 Å². The number of nitrogens with one attached hydrogen (secondary N) is 3. The Morgan fingerprint density at radius 1 is 1.10 bits per heavy atom. The van der Waals surface area contributed by atoms with Crippen molar-refractivity contribution in [2.45, 2.75) is 44.9 Å². The van der Waals surface area contributed by atoms with E-state index in [1.807, 2.05) is 12.4 Å². The Bertz CT molecular complexity index is 1210. The Balaban J connectivity index is 1.46. The second kappa shape index (κ2) is 6.54. The van der Waals surface area contributed by atoms with Crippen LogP contribution in [0.3, 0.4) is 0 Å². The molecule has 7 nitrogen and oxygen atoms in total. The van der Waals surface area contributed by atoms with E-state index in [-0.39, 0.29) is 11.2 Å². The summed E-state index contributed by atoms with van der Waals surface area (Å²) in [4.78, 5) is 29.3. The van der Waals surface area contributed by atoms with Crippen LogP contribution in [-0.4, -0.2) is 32.4 Å². The summed E-state index contributed by atoms with van der Waals surface area (Å²) in [5.41, 5.74) is 8.54. The Kier molecular flexibility index (Phi) is 3.90. The van der Waals surface area contributed by atoms with Gasteiger partial charge in [0.2, 0.25) is 5.28 Å². The number of anilines is 2. The number of H-pyrrole nitrogens is 1. The van der Waals surface area contributed by atoms with Gasteiger partial charge in [-0.1, -0.05) is 0 Å². The first-order chi connectivity index (χ1) is 14.6. The van der Waals surface area contributed by atoms with Gasteiger partial charge in [-0.2, -0.15) is 0 Å². The van der Waals surface area contributed by atoms with E-state index in [4.69, 9.17) is 16.6 Å². The Morgan fingerprint density at radius 2 is 1.97 bits per heavy atom. The summed E-state index contributed by atoms with van der Waals surface area (Å²) in [5.74, 6) is 2.01. The van der Waals surface area contributed by atoms with E-state index in [0.29, 0.717) is 12.5 Å². The molecule has 0 bridgehead atoms. The molecule has 0 saturated heterocycles. The topological polar surface area (TPSA) is 95.6 Å². The molecule has 1 aliphatic heterocycles. The van der Waals surface area contributed by atoms with E-state index in [1.165, 1.54) is 5.56 Å². The molecule has 0 aromatic carbocycles. The molecule has 0 spiro atoms. The van der Waals surface area contributed by atoms with Crippen LogP contribution in [0, 0.1) is 6.92 Å². The van der Waals surface area contributed by atoms with Crippen LogP contribution in [0.4, 0.5) is 11.6 Å². The standard InChI is InChI=1S/C22H21ClN6O/c1-10-16-12(4-5-13-17-15(27-18(13)16)6-7-24-21(17)30)8-25-19(10)28-20-14(11-2-3-11)9-26-22(23)29-20/h8-9,11,27H,2-7H2,1H3,(H,24,30)(H,25,26,28,29). The molecule has 1 saturated carbocycles. The molecule has 30 heavy (non-hydrogen) atoms. The van der Waals surface area contributed by atoms with E-state index < -0.39 is 0 Å². The Morgan fingerprint density at radius 3 is 2.80 bits per heavy atom. The monoisotopic (exact) mass is 420 g/mol. The summed E-state index contributed by atoms with van der Waals surface area (Å²) >= 11 is 6.08. The number of carbonyl (C=O) groups excluding carboxylic acids is 1. The average molecular weight is 421 g/mol. The molecule has 3 N–H and O–H groups in total. The number of rotatable bonds is 3. The zero-order valence-electron chi connectivity index (χ0n) is 16.6. The van der Waals surface area contributed by atoms with E-state index in [2.05, 4.69) is 32.5 Å². The highest BCUT2D eigenvalue weighted by molar-refractivity contribution is 6.28. The highest BCUT2D eigenvalue weighted by atomic mass is 35.5. The van der Waals surface area contributed by atoms with Gasteiger partial charge in [0.1, 0.15) is 11.6 Å². The van der Waals surface area contributed by atoms with Crippen LogP contribution in [0.15, 0.2) is 12.4 Å². The normalized spacial score (nSPS) is 17.1. The first kappa shape index (κ1) is 17.9. The highest BCUT2D eigenvalue weighted by Crippen LogP contribution is 2.44. The molecule has 3 aromatic heterocycles. The van der Waals surface area contributed by atoms with Crippen LogP contribution in [0.2, 0.25) is 5.28 Å². The fourth-order valence-corrected chi connectivity index (χ4v) is 4.91. The summed E-state index contributed by atoms with van der Waals surface area (Å²) < 4.78 is 0. The van der Waals surface area contributed by atoms with Gasteiger partial charge >= 0.3 is 0 Å². The molecule has 0 unspecified atom stereocenters. The maximum atomic E-state index is 12.5. The van der Waals surface area contributed by atoms with Gasteiger partial charge in [-0.3, -0.25) is 4.79 Å². The largest absolute Gasteiger partial charge is 0.357 e. The quantitative estimate of drug-likeness (QED) is 0.559. The molecule has 3 aromatic rings. The number of pyridine rings is 1. The zero-order valence-corrected chi connectivity index (χ0v) is 17.4. The fraction of sp³-hybridized carbons (Fsp3) is 0.364. The van der Waals surface area contributed by atoms with Crippen LogP contribution >= 0.6 is 11.6 Å². The molecule has 1 amide bonds. The average Bonchev–Trinajstić information content (AvgIpc) is 3.49. The number of nitrogens with zero attached hydrogens (tertiary/aromatic N) is 3. The SMILES string of the molecule is Cc1c(Nc2nc(Cl)ncc2C2CC2)ncc2c1-c1[nH]c3c(c1CC2)C(=O)NCC3. The number of aromatic amines is 1. The first-order valence-corrected chi connectivity index (χ1v) is 10.8. The molecular weight excluding hydrogens is 400 g/mol. The van der Waals surface area contributed by atoms with E-state index in [0.717, 1.165) is 82.9 Å². The second-order valence-corrected chi connectivity index (χ2v) is 8.65. The van der Waals surface area contributed by atoms with Gasteiger partial charge in [-0.25, -0.2) is 15.0 Å². The van der Waals surface area contributed by atoms with Crippen molar-refractivity contribution in [3.05, 3.63) is 51.2 Å². The van der Waals surface area contributed by atoms with Crippen LogP contribution < -0.4 is 10.6 Å². The number of amides is 1. The molecule has 3 aliphatic rings. The third-order valence-electron chi connectivity index (χ3n) is 6.41. The van der Waals surface area contributed by atoms with Crippen molar-refractivity contribution in [2.24, 2.45) is 0 Å². The minimum atomic E-state index is 0.0342. The summed E-state index contributed by atoms with van der Waals surface area (Å²) in [5, 5.41) is 6.61. The number of aromatic nitrogens is 4. The molecule has 8 heteroatoms. The first-order valence-electron chi connectivity index (χ1n) is 10.4. The van der Waals surface area contributed by atoms with Gasteiger partial charge in [0.15, 0.2) is 0 Å². The molecule has 0 radical (unpaired) electrons. The predicted octanol–water partition coefficient (Wildman–Crippen LogP) is 3.83. The van der Waals surface area contributed by atoms with Gasteiger partial charge in [-0.15, -0.1) is 0 Å². The Labute approximate surface area is 178 Å². The lowest BCUT2D eigenvalue weighted by atomic mass is 9.86. The number of hydrogen-bond donors (Lipinski definition) is 3. The van der Waals surface area contributed by atoms with Crippen molar-refractivity contribution in [3.63, 3.8) is 0 Å². The lowest BCUT2D eigenvalue weighted by Gasteiger charge is -2.22. The van der Waals surface area contributed by atoms with Crippen LogP contribution in [0.1, 0.15) is 57.1 Å². The van der Waals surface area contributed by atoms with Crippen LogP contribution in [-0.2, 0) is 19.3 Å². The lowest BCUT2D eigenvalue weighted by molar-refractivity contribution is 0.0945. The van der Waals surface area contributed by atoms with E-state index in [9.17, 15) is 4.79 Å². The number of carbonyl (C=O) groups is 1. The molecule has 4 heterocycles. The molecule has 1 fully saturated rings. The van der Waals surface area contributed by atoms with Gasteiger partial charge in [0, 0.05) is 47.7 Å². The number of hydrogen-bond acceptors (Lipinski definition) is 5. The van der Waals surface area contributed by atoms with Gasteiger partial charge in [0.25, 0.3) is 5.91 Å². The summed E-state index contributed by atoms with van der Waals surface area (Å²) in [7, 11) is 0. The maximum absolute atomic E-state index is 12.5.